The van der Waals surface area contributed by atoms with E-state index in [0.717, 1.165) is 16.9 Å². The summed E-state index contributed by atoms with van der Waals surface area (Å²) in [6.07, 6.45) is 2.89. The monoisotopic (exact) mass is 372 g/mol. The fraction of sp³-hybridized carbons (Fsp3) is 0.0556. The van der Waals surface area contributed by atoms with Gasteiger partial charge in [0.2, 0.25) is 0 Å². The highest BCUT2D eigenvalue weighted by Gasteiger charge is 2.10. The Morgan fingerprint density at radius 1 is 1.00 bits per heavy atom. The van der Waals surface area contributed by atoms with E-state index in [0.29, 0.717) is 15.9 Å². The van der Waals surface area contributed by atoms with E-state index in [1.165, 1.54) is 12.4 Å². The molecule has 7 heteroatoms. The molecule has 0 aliphatic rings. The highest BCUT2D eigenvalue weighted by molar-refractivity contribution is 6.42. The Morgan fingerprint density at radius 3 is 2.48 bits per heavy atom. The number of rotatable bonds is 4. The molecule has 5 nitrogen and oxygen atoms in total. The Bertz CT molecular complexity index is 913. The Balaban J connectivity index is 1.70. The zero-order chi connectivity index (χ0) is 17.8. The summed E-state index contributed by atoms with van der Waals surface area (Å²) in [5.41, 5.74) is 2.66. The van der Waals surface area contributed by atoms with Gasteiger partial charge < -0.3 is 10.6 Å². The molecule has 0 unspecified atom stereocenters. The molecule has 126 valence electrons. The number of para-hydroxylation sites is 1. The number of aryl methyl sites for hydroxylation is 1. The van der Waals surface area contributed by atoms with Crippen molar-refractivity contribution in [1.29, 1.82) is 0 Å². The van der Waals surface area contributed by atoms with Gasteiger partial charge in [-0.15, -0.1) is 0 Å². The summed E-state index contributed by atoms with van der Waals surface area (Å²) in [5.74, 6) is 0.175. The molecule has 0 saturated heterocycles. The molecule has 2 aromatic carbocycles. The third kappa shape index (κ3) is 4.26. The second-order valence-electron chi connectivity index (χ2n) is 5.31. The van der Waals surface area contributed by atoms with Gasteiger partial charge in [0.15, 0.2) is 0 Å². The van der Waals surface area contributed by atoms with Gasteiger partial charge >= 0.3 is 0 Å². The molecular formula is C18H14Cl2N4O. The van der Waals surface area contributed by atoms with Gasteiger partial charge in [0, 0.05) is 11.4 Å². The quantitative estimate of drug-likeness (QED) is 0.669. The molecule has 1 aromatic heterocycles. The topological polar surface area (TPSA) is 66.9 Å². The van der Waals surface area contributed by atoms with Gasteiger partial charge in [0.05, 0.1) is 22.4 Å². The number of carbonyl (C=O) groups is 1. The van der Waals surface area contributed by atoms with Crippen molar-refractivity contribution in [1.82, 2.24) is 9.97 Å². The number of carbonyl (C=O) groups excluding carboxylic acids is 1. The number of aromatic nitrogens is 2. The van der Waals surface area contributed by atoms with Crippen molar-refractivity contribution in [3.05, 3.63) is 76.2 Å². The summed E-state index contributed by atoms with van der Waals surface area (Å²) < 4.78 is 0. The smallest absolute Gasteiger partial charge is 0.275 e. The molecular weight excluding hydrogens is 359 g/mol. The lowest BCUT2D eigenvalue weighted by molar-refractivity contribution is 0.102. The first-order valence-corrected chi connectivity index (χ1v) is 8.19. The summed E-state index contributed by atoms with van der Waals surface area (Å²) in [6.45, 7) is 1.92. The van der Waals surface area contributed by atoms with E-state index >= 15 is 0 Å². The minimum Gasteiger partial charge on any atom is -0.339 e. The molecule has 1 heterocycles. The Labute approximate surface area is 155 Å². The van der Waals surface area contributed by atoms with E-state index in [1.54, 1.807) is 18.2 Å². The van der Waals surface area contributed by atoms with Gasteiger partial charge in [-0.25, -0.2) is 9.97 Å². The highest BCUT2D eigenvalue weighted by Crippen LogP contribution is 2.26. The Kier molecular flexibility index (Phi) is 5.16. The van der Waals surface area contributed by atoms with Gasteiger partial charge in [-0.1, -0.05) is 41.4 Å². The van der Waals surface area contributed by atoms with Crippen molar-refractivity contribution in [3.8, 4) is 0 Å². The predicted octanol–water partition coefficient (Wildman–Crippen LogP) is 5.09. The van der Waals surface area contributed by atoms with Crippen LogP contribution in [0.25, 0.3) is 0 Å². The minimum absolute atomic E-state index is 0.225. The first kappa shape index (κ1) is 17.2. The van der Waals surface area contributed by atoms with E-state index in [1.807, 2.05) is 31.2 Å². The lowest BCUT2D eigenvalue weighted by Gasteiger charge is -2.09. The van der Waals surface area contributed by atoms with Crippen LogP contribution in [0.1, 0.15) is 16.1 Å². The van der Waals surface area contributed by atoms with Crippen LogP contribution in [0.2, 0.25) is 10.0 Å². The fourth-order valence-corrected chi connectivity index (χ4v) is 2.43. The van der Waals surface area contributed by atoms with Gasteiger partial charge in [-0.3, -0.25) is 4.79 Å². The van der Waals surface area contributed by atoms with Crippen LogP contribution in [0.5, 0.6) is 0 Å². The molecule has 1 amide bonds. The number of hydrogen-bond acceptors (Lipinski definition) is 4. The first-order chi connectivity index (χ1) is 12.0. The Morgan fingerprint density at radius 2 is 1.80 bits per heavy atom. The van der Waals surface area contributed by atoms with E-state index in [9.17, 15) is 4.79 Å². The maximum atomic E-state index is 12.3. The molecule has 0 bridgehead atoms. The average Bonchev–Trinajstić information content (AvgIpc) is 2.61. The number of amides is 1. The third-order valence-corrected chi connectivity index (χ3v) is 4.21. The lowest BCUT2D eigenvalue weighted by Crippen LogP contribution is -2.15. The van der Waals surface area contributed by atoms with Gasteiger partial charge in [0.25, 0.3) is 5.91 Å². The number of anilines is 3. The van der Waals surface area contributed by atoms with E-state index < -0.39 is 0 Å². The zero-order valence-corrected chi connectivity index (χ0v) is 14.8. The minimum atomic E-state index is -0.317. The first-order valence-electron chi connectivity index (χ1n) is 7.44. The van der Waals surface area contributed by atoms with Gasteiger partial charge in [-0.05, 0) is 36.8 Å². The molecule has 3 aromatic rings. The van der Waals surface area contributed by atoms with Crippen LogP contribution in [-0.2, 0) is 0 Å². The molecule has 25 heavy (non-hydrogen) atoms. The second-order valence-corrected chi connectivity index (χ2v) is 6.12. The molecule has 0 aliphatic heterocycles. The van der Waals surface area contributed by atoms with Crippen molar-refractivity contribution >= 4 is 46.3 Å². The molecule has 0 fully saturated rings. The van der Waals surface area contributed by atoms with Gasteiger partial charge in [-0.2, -0.15) is 0 Å². The summed E-state index contributed by atoms with van der Waals surface area (Å²) in [5, 5.41) is 6.78. The van der Waals surface area contributed by atoms with Crippen molar-refractivity contribution in [2.24, 2.45) is 0 Å². The lowest BCUT2D eigenvalue weighted by atomic mass is 10.2. The third-order valence-electron chi connectivity index (χ3n) is 3.47. The van der Waals surface area contributed by atoms with E-state index in [-0.39, 0.29) is 11.6 Å². The molecule has 3 rings (SSSR count). The summed E-state index contributed by atoms with van der Waals surface area (Å²) in [6, 6.07) is 12.7. The number of nitrogens with one attached hydrogen (secondary N) is 2. The average molecular weight is 373 g/mol. The van der Waals surface area contributed by atoms with E-state index in [2.05, 4.69) is 20.6 Å². The van der Waals surface area contributed by atoms with Crippen LogP contribution >= 0.6 is 23.2 Å². The number of benzene rings is 2. The van der Waals surface area contributed by atoms with Crippen molar-refractivity contribution in [2.75, 3.05) is 10.6 Å². The fourth-order valence-electron chi connectivity index (χ4n) is 2.13. The standard InChI is InChI=1S/C18H14Cl2N4O/c1-11-4-2-3-5-15(11)24-18(25)16-9-22-17(10-21-16)23-12-6-7-13(19)14(20)8-12/h2-10H,1H3,(H,22,23)(H,24,25). The largest absolute Gasteiger partial charge is 0.339 e. The molecule has 0 aliphatic carbocycles. The van der Waals surface area contributed by atoms with Crippen LogP contribution in [0, 0.1) is 6.92 Å². The summed E-state index contributed by atoms with van der Waals surface area (Å²) in [7, 11) is 0. The summed E-state index contributed by atoms with van der Waals surface area (Å²) in [4.78, 5) is 20.6. The molecule has 2 N–H and O–H groups in total. The van der Waals surface area contributed by atoms with Crippen LogP contribution in [0.4, 0.5) is 17.2 Å². The van der Waals surface area contributed by atoms with E-state index in [4.69, 9.17) is 23.2 Å². The van der Waals surface area contributed by atoms with Crippen molar-refractivity contribution < 1.29 is 4.79 Å². The molecule has 0 atom stereocenters. The Hall–Kier alpha value is -2.63. The molecule has 0 saturated carbocycles. The molecule has 0 radical (unpaired) electrons. The molecule has 0 spiro atoms. The zero-order valence-electron chi connectivity index (χ0n) is 13.3. The number of nitrogens with zero attached hydrogens (tertiary/aromatic N) is 2. The predicted molar refractivity (Wildman–Crippen MR) is 101 cm³/mol. The van der Waals surface area contributed by atoms with Crippen LogP contribution < -0.4 is 10.6 Å². The second kappa shape index (κ2) is 7.51. The van der Waals surface area contributed by atoms with Crippen molar-refractivity contribution in [2.45, 2.75) is 6.92 Å². The van der Waals surface area contributed by atoms with Gasteiger partial charge in [0.1, 0.15) is 11.5 Å². The number of halogens is 2. The normalized spacial score (nSPS) is 10.4. The van der Waals surface area contributed by atoms with Crippen LogP contribution in [-0.4, -0.2) is 15.9 Å². The SMILES string of the molecule is Cc1ccccc1NC(=O)c1cnc(Nc2ccc(Cl)c(Cl)c2)cn1. The maximum Gasteiger partial charge on any atom is 0.275 e. The van der Waals surface area contributed by atoms with Crippen molar-refractivity contribution in [3.63, 3.8) is 0 Å². The number of hydrogen-bond donors (Lipinski definition) is 2. The van der Waals surface area contributed by atoms with Crippen LogP contribution in [0.3, 0.4) is 0 Å². The van der Waals surface area contributed by atoms with Crippen LogP contribution in [0.15, 0.2) is 54.9 Å². The summed E-state index contributed by atoms with van der Waals surface area (Å²) >= 11 is 11.9. The highest BCUT2D eigenvalue weighted by atomic mass is 35.5. The maximum absolute atomic E-state index is 12.3.